The number of hydrogen-bond donors (Lipinski definition) is 1. The second kappa shape index (κ2) is 16.2. The van der Waals surface area contributed by atoms with Crippen LogP contribution in [0.25, 0.3) is 0 Å². The Morgan fingerprint density at radius 1 is 0.773 bits per heavy atom. The number of allylic oxidation sites excluding steroid dienone is 2. The Labute approximate surface area is 147 Å². The van der Waals surface area contributed by atoms with Gasteiger partial charge >= 0.3 is 92.4 Å². The molecule has 2 heteroatoms. The molecule has 1 rings (SSSR count). The molecule has 1 aliphatic rings. The van der Waals surface area contributed by atoms with Crippen molar-refractivity contribution in [2.75, 3.05) is 0 Å². The summed E-state index contributed by atoms with van der Waals surface area (Å²) >= 11 is -0.839. The first-order valence-corrected chi connectivity index (χ1v) is 16.0. The van der Waals surface area contributed by atoms with Gasteiger partial charge in [0.15, 0.2) is 0 Å². The summed E-state index contributed by atoms with van der Waals surface area (Å²) in [5.41, 5.74) is 1.28. The second-order valence-corrected chi connectivity index (χ2v) is 15.2. The molecular formula is C20H41OSn. The zero-order valence-electron chi connectivity index (χ0n) is 15.8. The van der Waals surface area contributed by atoms with Crippen LogP contribution in [-0.2, 0) is 0 Å². The third kappa shape index (κ3) is 11.8. The molecule has 0 bridgehead atoms. The zero-order valence-corrected chi connectivity index (χ0v) is 18.7. The van der Waals surface area contributed by atoms with E-state index in [0.717, 1.165) is 19.3 Å². The zero-order chi connectivity index (χ0) is 16.6. The third-order valence-electron chi connectivity index (χ3n) is 4.63. The fraction of sp³-hybridized carbons (Fsp3) is 0.900. The fourth-order valence-corrected chi connectivity index (χ4v) is 12.4. The minimum absolute atomic E-state index is 0.670. The van der Waals surface area contributed by atoms with Crippen molar-refractivity contribution < 1.29 is 5.11 Å². The van der Waals surface area contributed by atoms with Gasteiger partial charge in [-0.25, -0.2) is 0 Å². The van der Waals surface area contributed by atoms with Gasteiger partial charge in [0, 0.05) is 6.42 Å². The van der Waals surface area contributed by atoms with Gasteiger partial charge in [-0.3, -0.25) is 0 Å². The fourth-order valence-electron chi connectivity index (χ4n) is 2.99. The average molecular weight is 416 g/mol. The monoisotopic (exact) mass is 417 g/mol. The molecule has 0 saturated carbocycles. The Morgan fingerprint density at radius 2 is 1.23 bits per heavy atom. The molecule has 0 saturated heterocycles. The van der Waals surface area contributed by atoms with Gasteiger partial charge in [-0.15, -0.1) is 0 Å². The van der Waals surface area contributed by atoms with E-state index in [1.54, 1.807) is 13.3 Å². The van der Waals surface area contributed by atoms with E-state index in [1.165, 1.54) is 56.9 Å². The van der Waals surface area contributed by atoms with Crippen LogP contribution in [0.1, 0.15) is 98.3 Å². The molecular weight excluding hydrogens is 375 g/mol. The molecule has 0 heterocycles. The van der Waals surface area contributed by atoms with Crippen molar-refractivity contribution in [1.29, 1.82) is 0 Å². The van der Waals surface area contributed by atoms with E-state index in [4.69, 9.17) is 0 Å². The summed E-state index contributed by atoms with van der Waals surface area (Å²) in [7, 11) is 0. The van der Waals surface area contributed by atoms with Crippen LogP contribution in [0.5, 0.6) is 0 Å². The van der Waals surface area contributed by atoms with Gasteiger partial charge in [0.25, 0.3) is 0 Å². The van der Waals surface area contributed by atoms with E-state index < -0.39 is 19.8 Å². The van der Waals surface area contributed by atoms with Crippen molar-refractivity contribution in [3.8, 4) is 0 Å². The Bertz CT molecular complexity index is 254. The molecule has 1 aliphatic carbocycles. The van der Waals surface area contributed by atoms with Crippen LogP contribution in [0, 0.1) is 0 Å². The van der Waals surface area contributed by atoms with E-state index in [-0.39, 0.29) is 0 Å². The molecule has 1 nitrogen and oxygen atoms in total. The average Bonchev–Trinajstić information content (AvgIpc) is 2.55. The SMILES string of the molecule is CCC1=C(O)CCCC1.CCC[CH2][Sn]([CH2]CCC)[CH2]CCC. The normalized spacial score (nSPS) is 15.0. The Balaban J connectivity index is 0.000000425. The number of rotatable bonds is 10. The standard InChI is InChI=1S/C8H14O.3C4H9.Sn/c1-2-7-5-3-4-6-8(7)9;3*1-3-4-2;/h9H,2-6H2,1H3;3*1,3-4H2,2H3;. The van der Waals surface area contributed by atoms with E-state index >= 15 is 0 Å². The van der Waals surface area contributed by atoms with Crippen LogP contribution in [0.4, 0.5) is 0 Å². The third-order valence-corrected chi connectivity index (χ3v) is 13.7. The molecule has 22 heavy (non-hydrogen) atoms. The second-order valence-electron chi connectivity index (χ2n) is 6.67. The molecule has 131 valence electrons. The Hall–Kier alpha value is 0.339. The van der Waals surface area contributed by atoms with Gasteiger partial charge in [0.05, 0.1) is 5.76 Å². The molecule has 0 spiro atoms. The van der Waals surface area contributed by atoms with Crippen molar-refractivity contribution in [1.82, 2.24) is 0 Å². The molecule has 0 amide bonds. The van der Waals surface area contributed by atoms with Gasteiger partial charge in [-0.2, -0.15) is 0 Å². The summed E-state index contributed by atoms with van der Waals surface area (Å²) < 4.78 is 5.04. The molecule has 0 aromatic carbocycles. The Morgan fingerprint density at radius 3 is 1.55 bits per heavy atom. The molecule has 0 atom stereocenters. The summed E-state index contributed by atoms with van der Waals surface area (Å²) in [5.74, 6) is 0.670. The van der Waals surface area contributed by atoms with Crippen LogP contribution < -0.4 is 0 Å². The number of unbranched alkanes of at least 4 members (excludes halogenated alkanes) is 3. The van der Waals surface area contributed by atoms with Gasteiger partial charge in [-0.05, 0) is 31.3 Å². The van der Waals surface area contributed by atoms with Crippen molar-refractivity contribution in [2.45, 2.75) is 112 Å². The topological polar surface area (TPSA) is 20.2 Å². The van der Waals surface area contributed by atoms with Gasteiger partial charge in [0.2, 0.25) is 0 Å². The first-order valence-electron chi connectivity index (χ1n) is 9.92. The molecule has 0 unspecified atom stereocenters. The van der Waals surface area contributed by atoms with Gasteiger partial charge < -0.3 is 5.11 Å². The molecule has 0 aliphatic heterocycles. The maximum atomic E-state index is 9.25. The van der Waals surface area contributed by atoms with Crippen LogP contribution >= 0.6 is 0 Å². The molecule has 1 N–H and O–H groups in total. The summed E-state index contributed by atoms with van der Waals surface area (Å²) in [5, 5.41) is 9.25. The summed E-state index contributed by atoms with van der Waals surface area (Å²) in [6, 6.07) is 0. The number of aliphatic hydroxyl groups excluding tert-OH is 1. The van der Waals surface area contributed by atoms with Crippen LogP contribution in [-0.4, -0.2) is 24.9 Å². The van der Waals surface area contributed by atoms with Crippen LogP contribution in [0.3, 0.4) is 0 Å². The predicted octanol–water partition coefficient (Wildman–Crippen LogP) is 7.66. The van der Waals surface area contributed by atoms with Gasteiger partial charge in [-0.1, -0.05) is 6.92 Å². The molecule has 1 radical (unpaired) electrons. The Kier molecular flexibility index (Phi) is 16.5. The van der Waals surface area contributed by atoms with E-state index in [1.807, 2.05) is 0 Å². The van der Waals surface area contributed by atoms with Crippen molar-refractivity contribution in [3.63, 3.8) is 0 Å². The van der Waals surface area contributed by atoms with E-state index in [9.17, 15) is 5.11 Å². The van der Waals surface area contributed by atoms with Crippen molar-refractivity contribution >= 4 is 19.8 Å². The molecule has 0 aromatic heterocycles. The van der Waals surface area contributed by atoms with E-state index in [2.05, 4.69) is 27.7 Å². The predicted molar refractivity (Wildman–Crippen MR) is 103 cm³/mol. The van der Waals surface area contributed by atoms with Gasteiger partial charge in [0.1, 0.15) is 0 Å². The first kappa shape index (κ1) is 22.3. The molecule has 0 fully saturated rings. The maximum absolute atomic E-state index is 9.25. The minimum atomic E-state index is -0.839. The molecule has 0 aromatic rings. The summed E-state index contributed by atoms with van der Waals surface area (Å²) in [4.78, 5) is 0. The number of hydrogen-bond acceptors (Lipinski definition) is 1. The van der Waals surface area contributed by atoms with Crippen LogP contribution in [0.15, 0.2) is 11.3 Å². The summed E-state index contributed by atoms with van der Waals surface area (Å²) in [6.45, 7) is 9.11. The first-order chi connectivity index (χ1) is 10.7. The summed E-state index contributed by atoms with van der Waals surface area (Å²) in [6.07, 6.45) is 14.4. The van der Waals surface area contributed by atoms with E-state index in [0.29, 0.717) is 5.76 Å². The van der Waals surface area contributed by atoms with Crippen LogP contribution in [0.2, 0.25) is 13.3 Å². The number of aliphatic hydroxyl groups is 1. The van der Waals surface area contributed by atoms with Crippen molar-refractivity contribution in [2.24, 2.45) is 0 Å². The van der Waals surface area contributed by atoms with Crippen molar-refractivity contribution in [3.05, 3.63) is 11.3 Å². The quantitative estimate of drug-likeness (QED) is 0.363.